The highest BCUT2D eigenvalue weighted by Crippen LogP contribution is 2.32. The molecule has 0 aliphatic heterocycles. The Morgan fingerprint density at radius 1 is 1.03 bits per heavy atom. The van der Waals surface area contributed by atoms with Crippen molar-refractivity contribution in [2.75, 3.05) is 10.8 Å². The van der Waals surface area contributed by atoms with E-state index >= 15 is 0 Å². The van der Waals surface area contributed by atoms with Crippen LogP contribution in [-0.4, -0.2) is 31.9 Å². The number of anilines is 1. The van der Waals surface area contributed by atoms with Crippen LogP contribution in [0.1, 0.15) is 39.0 Å². The molecule has 182 valence electrons. The third-order valence-electron chi connectivity index (χ3n) is 6.12. The standard InChI is InChI=1S/C26H25ClN2O5S/c1-17-23(27)9-4-10-24(17)29(35(33,34)22-12-11-19-6-3-7-20(19)14-22)16-25(30)28-15-18-5-2-8-21(13-18)26(31)32/h2,4-5,8-14H,3,6-7,15-16H2,1H3,(H,28,30)(H,31,32). The quantitative estimate of drug-likeness (QED) is 0.467. The maximum absolute atomic E-state index is 13.8. The molecule has 0 radical (unpaired) electrons. The summed E-state index contributed by atoms with van der Waals surface area (Å²) in [7, 11) is -4.07. The normalized spacial score (nSPS) is 12.7. The molecule has 3 aromatic rings. The van der Waals surface area contributed by atoms with Crippen molar-refractivity contribution in [1.29, 1.82) is 0 Å². The van der Waals surface area contributed by atoms with Gasteiger partial charge < -0.3 is 10.4 Å². The summed E-state index contributed by atoms with van der Waals surface area (Å²) in [4.78, 5) is 24.2. The molecule has 0 spiro atoms. The Labute approximate surface area is 209 Å². The summed E-state index contributed by atoms with van der Waals surface area (Å²) in [5, 5.41) is 12.2. The third-order valence-corrected chi connectivity index (χ3v) is 8.28. The number of carboxylic acid groups (broad SMARTS) is 1. The number of amides is 1. The van der Waals surface area contributed by atoms with E-state index in [0.29, 0.717) is 21.8 Å². The van der Waals surface area contributed by atoms with Gasteiger partial charge in [-0.1, -0.05) is 35.9 Å². The molecular formula is C26H25ClN2O5S. The molecule has 2 N–H and O–H groups in total. The number of fused-ring (bicyclic) bond motifs is 1. The van der Waals surface area contributed by atoms with Crippen LogP contribution in [0, 0.1) is 6.92 Å². The number of carbonyl (C=O) groups is 2. The average molecular weight is 513 g/mol. The van der Waals surface area contributed by atoms with E-state index in [2.05, 4.69) is 5.32 Å². The van der Waals surface area contributed by atoms with Crippen molar-refractivity contribution in [2.24, 2.45) is 0 Å². The fraction of sp³-hybridized carbons (Fsp3) is 0.231. The van der Waals surface area contributed by atoms with E-state index in [9.17, 15) is 18.0 Å². The number of nitrogens with one attached hydrogen (secondary N) is 1. The van der Waals surface area contributed by atoms with Crippen LogP contribution in [0.15, 0.2) is 65.6 Å². The summed E-state index contributed by atoms with van der Waals surface area (Å²) >= 11 is 6.28. The number of carboxylic acids is 1. The van der Waals surface area contributed by atoms with Gasteiger partial charge in [-0.05, 0) is 84.8 Å². The first-order chi connectivity index (χ1) is 16.7. The minimum absolute atomic E-state index is 0.0568. The van der Waals surface area contributed by atoms with Gasteiger partial charge in [0.2, 0.25) is 5.91 Å². The summed E-state index contributed by atoms with van der Waals surface area (Å²) in [5.41, 5.74) is 3.71. The lowest BCUT2D eigenvalue weighted by Crippen LogP contribution is -2.41. The molecule has 7 nitrogen and oxygen atoms in total. The Bertz CT molecular complexity index is 1400. The molecule has 0 atom stereocenters. The molecule has 0 aromatic heterocycles. The van der Waals surface area contributed by atoms with Crippen LogP contribution in [0.5, 0.6) is 0 Å². The first-order valence-corrected chi connectivity index (χ1v) is 13.0. The number of aromatic carboxylic acids is 1. The van der Waals surface area contributed by atoms with Gasteiger partial charge in [-0.2, -0.15) is 0 Å². The van der Waals surface area contributed by atoms with Gasteiger partial charge in [-0.15, -0.1) is 0 Å². The summed E-state index contributed by atoms with van der Waals surface area (Å²) in [6.07, 6.45) is 2.74. The van der Waals surface area contributed by atoms with Crippen molar-refractivity contribution in [1.82, 2.24) is 5.32 Å². The van der Waals surface area contributed by atoms with Crippen LogP contribution in [0.3, 0.4) is 0 Å². The topological polar surface area (TPSA) is 104 Å². The van der Waals surface area contributed by atoms with Crippen molar-refractivity contribution in [3.05, 3.63) is 93.5 Å². The fourth-order valence-corrected chi connectivity index (χ4v) is 5.90. The predicted molar refractivity (Wildman–Crippen MR) is 134 cm³/mol. The molecule has 4 rings (SSSR count). The van der Waals surface area contributed by atoms with Gasteiger partial charge in [0.15, 0.2) is 0 Å². The molecule has 3 aromatic carbocycles. The number of sulfonamides is 1. The van der Waals surface area contributed by atoms with E-state index in [4.69, 9.17) is 16.7 Å². The Morgan fingerprint density at radius 3 is 2.54 bits per heavy atom. The van der Waals surface area contributed by atoms with Gasteiger partial charge in [-0.3, -0.25) is 9.10 Å². The lowest BCUT2D eigenvalue weighted by molar-refractivity contribution is -0.119. The number of benzene rings is 3. The van der Waals surface area contributed by atoms with Crippen LogP contribution in [0.4, 0.5) is 5.69 Å². The summed E-state index contributed by atoms with van der Waals surface area (Å²) < 4.78 is 28.6. The van der Waals surface area contributed by atoms with E-state index in [-0.39, 0.29) is 17.0 Å². The molecule has 0 heterocycles. The zero-order chi connectivity index (χ0) is 25.2. The molecule has 1 amide bonds. The van der Waals surface area contributed by atoms with Crippen LogP contribution in [0.2, 0.25) is 5.02 Å². The van der Waals surface area contributed by atoms with E-state index in [1.807, 2.05) is 6.07 Å². The van der Waals surface area contributed by atoms with Gasteiger partial charge in [-0.25, -0.2) is 13.2 Å². The lowest BCUT2D eigenvalue weighted by Gasteiger charge is -2.26. The van der Waals surface area contributed by atoms with Gasteiger partial charge in [0.25, 0.3) is 10.0 Å². The maximum atomic E-state index is 13.8. The smallest absolute Gasteiger partial charge is 0.335 e. The number of halogens is 1. The number of rotatable bonds is 8. The van der Waals surface area contributed by atoms with E-state index in [1.54, 1.807) is 49.4 Å². The molecule has 9 heteroatoms. The molecule has 35 heavy (non-hydrogen) atoms. The zero-order valence-corrected chi connectivity index (χ0v) is 20.7. The Hall–Kier alpha value is -3.36. The minimum atomic E-state index is -4.07. The molecule has 0 saturated heterocycles. The van der Waals surface area contributed by atoms with E-state index in [1.165, 1.54) is 12.1 Å². The molecule has 0 fully saturated rings. The number of aryl methyl sites for hydroxylation is 2. The third kappa shape index (κ3) is 5.33. The second-order valence-electron chi connectivity index (χ2n) is 8.46. The molecule has 1 aliphatic rings. The SMILES string of the molecule is Cc1c(Cl)cccc1N(CC(=O)NCc1cccc(C(=O)O)c1)S(=O)(=O)c1ccc2c(c1)CCC2. The van der Waals surface area contributed by atoms with Gasteiger partial charge in [0, 0.05) is 11.6 Å². The molecule has 0 saturated carbocycles. The number of hydrogen-bond donors (Lipinski definition) is 2. The largest absolute Gasteiger partial charge is 0.478 e. The van der Waals surface area contributed by atoms with Crippen molar-refractivity contribution in [3.8, 4) is 0 Å². The van der Waals surface area contributed by atoms with Gasteiger partial charge in [0.05, 0.1) is 16.1 Å². The van der Waals surface area contributed by atoms with Crippen molar-refractivity contribution >= 4 is 39.2 Å². The van der Waals surface area contributed by atoms with E-state index in [0.717, 1.165) is 34.7 Å². The molecule has 0 unspecified atom stereocenters. The summed E-state index contributed by atoms with van der Waals surface area (Å²) in [6.45, 7) is 1.30. The Kier molecular flexibility index (Phi) is 7.14. The highest BCUT2D eigenvalue weighted by atomic mass is 35.5. The van der Waals surface area contributed by atoms with Crippen LogP contribution < -0.4 is 9.62 Å². The second kappa shape index (κ2) is 10.1. The summed E-state index contributed by atoms with van der Waals surface area (Å²) in [6, 6.07) is 16.2. The molecule has 0 bridgehead atoms. The highest BCUT2D eigenvalue weighted by molar-refractivity contribution is 7.92. The number of hydrogen-bond acceptors (Lipinski definition) is 4. The van der Waals surface area contributed by atoms with Crippen LogP contribution in [0.25, 0.3) is 0 Å². The van der Waals surface area contributed by atoms with Crippen LogP contribution in [-0.2, 0) is 34.2 Å². The first kappa shape index (κ1) is 24.8. The monoisotopic (exact) mass is 512 g/mol. The minimum Gasteiger partial charge on any atom is -0.478 e. The van der Waals surface area contributed by atoms with Crippen molar-refractivity contribution in [3.63, 3.8) is 0 Å². The molecular weight excluding hydrogens is 488 g/mol. The summed E-state index contributed by atoms with van der Waals surface area (Å²) in [5.74, 6) is -1.60. The second-order valence-corrected chi connectivity index (χ2v) is 10.7. The fourth-order valence-electron chi connectivity index (χ4n) is 4.20. The van der Waals surface area contributed by atoms with Crippen molar-refractivity contribution in [2.45, 2.75) is 37.6 Å². The van der Waals surface area contributed by atoms with Crippen molar-refractivity contribution < 1.29 is 23.1 Å². The Balaban J connectivity index is 1.62. The van der Waals surface area contributed by atoms with Gasteiger partial charge in [0.1, 0.15) is 6.54 Å². The Morgan fingerprint density at radius 2 is 1.77 bits per heavy atom. The highest BCUT2D eigenvalue weighted by Gasteiger charge is 2.29. The number of carbonyl (C=O) groups excluding carboxylic acids is 1. The van der Waals surface area contributed by atoms with Gasteiger partial charge >= 0.3 is 5.97 Å². The lowest BCUT2D eigenvalue weighted by atomic mass is 10.1. The van der Waals surface area contributed by atoms with E-state index < -0.39 is 28.4 Å². The first-order valence-electron chi connectivity index (χ1n) is 11.2. The average Bonchev–Trinajstić information content (AvgIpc) is 3.31. The predicted octanol–water partition coefficient (Wildman–Crippen LogP) is 4.35. The zero-order valence-electron chi connectivity index (χ0n) is 19.1. The number of nitrogens with zero attached hydrogens (tertiary/aromatic N) is 1. The van der Waals surface area contributed by atoms with Crippen LogP contribution >= 0.6 is 11.6 Å². The molecule has 1 aliphatic carbocycles. The maximum Gasteiger partial charge on any atom is 0.335 e.